The van der Waals surface area contributed by atoms with Crippen LogP contribution in [0.15, 0.2) is 0 Å². The van der Waals surface area contributed by atoms with E-state index in [1.165, 1.54) is 38.6 Å². The third-order valence-corrected chi connectivity index (χ3v) is 4.58. The molecule has 1 aliphatic carbocycles. The van der Waals surface area contributed by atoms with Gasteiger partial charge < -0.3 is 10.0 Å². The van der Waals surface area contributed by atoms with Crippen molar-refractivity contribution in [1.82, 2.24) is 4.90 Å². The van der Waals surface area contributed by atoms with Crippen molar-refractivity contribution in [3.8, 4) is 0 Å². The molecule has 0 aromatic carbocycles. The fraction of sp³-hybridized carbons (Fsp3) is 0.929. The molecule has 0 aromatic rings. The Bertz CT molecular complexity index is 261. The Labute approximate surface area is 104 Å². The number of aliphatic carboxylic acids is 1. The molecule has 1 aliphatic heterocycles. The Kier molecular flexibility index (Phi) is 4.43. The Morgan fingerprint density at radius 2 is 1.94 bits per heavy atom. The first-order valence-electron chi connectivity index (χ1n) is 7.13. The largest absolute Gasteiger partial charge is 0.481 e. The second kappa shape index (κ2) is 5.85. The Hall–Kier alpha value is -0.570. The molecular weight excluding hydrogens is 214 g/mol. The van der Waals surface area contributed by atoms with Crippen LogP contribution in [-0.2, 0) is 4.79 Å². The van der Waals surface area contributed by atoms with Gasteiger partial charge in [-0.25, -0.2) is 0 Å². The van der Waals surface area contributed by atoms with Crippen LogP contribution in [-0.4, -0.2) is 35.1 Å². The minimum atomic E-state index is -0.603. The summed E-state index contributed by atoms with van der Waals surface area (Å²) in [4.78, 5) is 13.5. The normalized spacial score (nSPS) is 32.5. The Morgan fingerprint density at radius 3 is 2.53 bits per heavy atom. The molecule has 2 unspecified atom stereocenters. The predicted octanol–water partition coefficient (Wildman–Crippen LogP) is 2.75. The van der Waals surface area contributed by atoms with Gasteiger partial charge in [0.25, 0.3) is 0 Å². The number of piperidine rings is 1. The lowest BCUT2D eigenvalue weighted by Crippen LogP contribution is -2.45. The smallest absolute Gasteiger partial charge is 0.306 e. The zero-order valence-corrected chi connectivity index (χ0v) is 10.9. The lowest BCUT2D eigenvalue weighted by Gasteiger charge is -2.39. The molecule has 0 amide bonds. The van der Waals surface area contributed by atoms with Gasteiger partial charge in [-0.15, -0.1) is 0 Å². The number of rotatable bonds is 3. The van der Waals surface area contributed by atoms with Gasteiger partial charge in [-0.1, -0.05) is 19.3 Å². The quantitative estimate of drug-likeness (QED) is 0.823. The van der Waals surface area contributed by atoms with E-state index in [9.17, 15) is 4.79 Å². The second-order valence-corrected chi connectivity index (χ2v) is 5.91. The monoisotopic (exact) mass is 239 g/mol. The number of carbonyl (C=O) groups is 1. The summed E-state index contributed by atoms with van der Waals surface area (Å²) in [6, 6.07) is 0.451. The van der Waals surface area contributed by atoms with Crippen molar-refractivity contribution in [1.29, 1.82) is 0 Å². The summed E-state index contributed by atoms with van der Waals surface area (Å²) >= 11 is 0. The van der Waals surface area contributed by atoms with Crippen molar-refractivity contribution in [3.05, 3.63) is 0 Å². The maximum Gasteiger partial charge on any atom is 0.306 e. The summed E-state index contributed by atoms with van der Waals surface area (Å²) in [5, 5.41) is 9.05. The maximum absolute atomic E-state index is 11.0. The first-order valence-corrected chi connectivity index (χ1v) is 7.13. The van der Waals surface area contributed by atoms with Crippen molar-refractivity contribution >= 4 is 5.97 Å². The number of hydrogen-bond acceptors (Lipinski definition) is 2. The summed E-state index contributed by atoms with van der Waals surface area (Å²) in [5.74, 6) is 0.161. The van der Waals surface area contributed by atoms with Crippen molar-refractivity contribution < 1.29 is 9.90 Å². The van der Waals surface area contributed by atoms with E-state index in [2.05, 4.69) is 11.8 Å². The van der Waals surface area contributed by atoms with Gasteiger partial charge in [-0.3, -0.25) is 4.79 Å². The summed E-state index contributed by atoms with van der Waals surface area (Å²) in [7, 11) is 0. The van der Waals surface area contributed by atoms with Gasteiger partial charge in [0.15, 0.2) is 0 Å². The first-order chi connectivity index (χ1) is 8.16. The van der Waals surface area contributed by atoms with Crippen LogP contribution in [0.1, 0.15) is 51.9 Å². The highest BCUT2D eigenvalue weighted by Gasteiger charge is 2.30. The van der Waals surface area contributed by atoms with Crippen LogP contribution in [0.25, 0.3) is 0 Å². The van der Waals surface area contributed by atoms with Crippen molar-refractivity contribution in [2.75, 3.05) is 13.1 Å². The summed E-state index contributed by atoms with van der Waals surface area (Å²) < 4.78 is 0. The van der Waals surface area contributed by atoms with Crippen LogP contribution in [0, 0.1) is 11.8 Å². The molecule has 1 saturated heterocycles. The van der Waals surface area contributed by atoms with E-state index in [4.69, 9.17) is 5.11 Å². The Morgan fingerprint density at radius 1 is 1.24 bits per heavy atom. The fourth-order valence-corrected chi connectivity index (χ4v) is 3.42. The van der Waals surface area contributed by atoms with E-state index >= 15 is 0 Å². The van der Waals surface area contributed by atoms with E-state index in [0.29, 0.717) is 6.04 Å². The SMILES string of the molecule is CC1CC(C(=O)O)CCN1CC1CCCCC1. The molecule has 2 atom stereocenters. The molecule has 98 valence electrons. The number of nitrogens with zero attached hydrogens (tertiary/aromatic N) is 1. The molecule has 0 bridgehead atoms. The number of carboxylic acid groups (broad SMARTS) is 1. The van der Waals surface area contributed by atoms with Crippen LogP contribution in [0.4, 0.5) is 0 Å². The standard InChI is InChI=1S/C14H25NO2/c1-11-9-13(14(16)17)7-8-15(11)10-12-5-3-2-4-6-12/h11-13H,2-10H2,1H3,(H,16,17). The van der Waals surface area contributed by atoms with E-state index < -0.39 is 5.97 Å². The van der Waals surface area contributed by atoms with Crippen molar-refractivity contribution in [3.63, 3.8) is 0 Å². The predicted molar refractivity (Wildman–Crippen MR) is 68.0 cm³/mol. The van der Waals surface area contributed by atoms with Gasteiger partial charge in [0.05, 0.1) is 5.92 Å². The van der Waals surface area contributed by atoms with Gasteiger partial charge in [0.2, 0.25) is 0 Å². The minimum absolute atomic E-state index is 0.104. The Balaban J connectivity index is 1.80. The van der Waals surface area contributed by atoms with Crippen LogP contribution in [0.2, 0.25) is 0 Å². The zero-order chi connectivity index (χ0) is 12.3. The first kappa shape index (κ1) is 12.9. The lowest BCUT2D eigenvalue weighted by atomic mass is 9.86. The fourth-order valence-electron chi connectivity index (χ4n) is 3.42. The van der Waals surface area contributed by atoms with Crippen LogP contribution >= 0.6 is 0 Å². The number of carboxylic acids is 1. The lowest BCUT2D eigenvalue weighted by molar-refractivity contribution is -0.144. The van der Waals surface area contributed by atoms with Gasteiger partial charge in [-0.2, -0.15) is 0 Å². The molecule has 2 aliphatic rings. The second-order valence-electron chi connectivity index (χ2n) is 5.91. The van der Waals surface area contributed by atoms with Gasteiger partial charge in [-0.05, 0) is 45.1 Å². The summed E-state index contributed by atoms with van der Waals surface area (Å²) in [6.45, 7) is 4.38. The summed E-state index contributed by atoms with van der Waals surface area (Å²) in [5.41, 5.74) is 0. The van der Waals surface area contributed by atoms with Gasteiger partial charge in [0.1, 0.15) is 0 Å². The minimum Gasteiger partial charge on any atom is -0.481 e. The molecular formula is C14H25NO2. The van der Waals surface area contributed by atoms with E-state index in [1.807, 2.05) is 0 Å². The van der Waals surface area contributed by atoms with Gasteiger partial charge >= 0.3 is 5.97 Å². The molecule has 17 heavy (non-hydrogen) atoms. The third-order valence-electron chi connectivity index (χ3n) is 4.58. The topological polar surface area (TPSA) is 40.5 Å². The molecule has 0 spiro atoms. The van der Waals surface area contributed by atoms with E-state index in [0.717, 1.165) is 25.3 Å². The number of likely N-dealkylation sites (tertiary alicyclic amines) is 1. The van der Waals surface area contributed by atoms with Gasteiger partial charge in [0, 0.05) is 12.6 Å². The van der Waals surface area contributed by atoms with E-state index in [1.54, 1.807) is 0 Å². The average Bonchev–Trinajstić information content (AvgIpc) is 2.33. The molecule has 1 heterocycles. The molecule has 3 heteroatoms. The molecule has 2 fully saturated rings. The summed E-state index contributed by atoms with van der Waals surface area (Å²) in [6.07, 6.45) is 8.63. The van der Waals surface area contributed by atoms with Crippen LogP contribution < -0.4 is 0 Å². The highest BCUT2D eigenvalue weighted by molar-refractivity contribution is 5.70. The highest BCUT2D eigenvalue weighted by atomic mass is 16.4. The molecule has 3 nitrogen and oxygen atoms in total. The maximum atomic E-state index is 11.0. The highest BCUT2D eigenvalue weighted by Crippen LogP contribution is 2.28. The third kappa shape index (κ3) is 3.44. The van der Waals surface area contributed by atoms with Crippen LogP contribution in [0.5, 0.6) is 0 Å². The van der Waals surface area contributed by atoms with Crippen molar-refractivity contribution in [2.24, 2.45) is 11.8 Å². The van der Waals surface area contributed by atoms with Crippen molar-refractivity contribution in [2.45, 2.75) is 57.9 Å². The molecule has 1 N–H and O–H groups in total. The molecule has 2 rings (SSSR count). The molecule has 0 aromatic heterocycles. The molecule has 1 saturated carbocycles. The zero-order valence-electron chi connectivity index (χ0n) is 10.9. The van der Waals surface area contributed by atoms with E-state index in [-0.39, 0.29) is 5.92 Å². The van der Waals surface area contributed by atoms with Crippen LogP contribution in [0.3, 0.4) is 0 Å². The average molecular weight is 239 g/mol. The number of hydrogen-bond donors (Lipinski definition) is 1. The molecule has 0 radical (unpaired) electrons.